The van der Waals surface area contributed by atoms with Crippen LogP contribution in [0.4, 0.5) is 0 Å². The van der Waals surface area contributed by atoms with Crippen molar-refractivity contribution >= 4 is 5.91 Å². The molecule has 1 unspecified atom stereocenters. The van der Waals surface area contributed by atoms with Crippen molar-refractivity contribution in [2.75, 3.05) is 13.1 Å². The minimum Gasteiger partial charge on any atom is -0.340 e. The summed E-state index contributed by atoms with van der Waals surface area (Å²) in [5.41, 5.74) is 6.83. The monoisotopic (exact) mass is 230 g/mol. The molecule has 90 valence electrons. The Kier molecular flexibility index (Phi) is 2.44. The Hall–Kier alpha value is -1.35. The van der Waals surface area contributed by atoms with Crippen molar-refractivity contribution in [2.24, 2.45) is 5.73 Å². The Morgan fingerprint density at radius 1 is 1.29 bits per heavy atom. The highest BCUT2D eigenvalue weighted by molar-refractivity contribution is 5.91. The fourth-order valence-corrected chi connectivity index (χ4v) is 2.78. The van der Waals surface area contributed by atoms with Gasteiger partial charge in [0.1, 0.15) is 0 Å². The first kappa shape index (κ1) is 10.8. The predicted octanol–water partition coefficient (Wildman–Crippen LogP) is 1.28. The highest BCUT2D eigenvalue weighted by atomic mass is 16.2. The molecule has 1 atom stereocenters. The molecule has 1 aliphatic heterocycles. The van der Waals surface area contributed by atoms with Crippen molar-refractivity contribution < 1.29 is 4.79 Å². The summed E-state index contributed by atoms with van der Waals surface area (Å²) in [4.78, 5) is 14.5. The number of nitrogens with zero attached hydrogens (tertiary/aromatic N) is 1. The molecule has 17 heavy (non-hydrogen) atoms. The van der Waals surface area contributed by atoms with E-state index in [1.165, 1.54) is 5.56 Å². The molecule has 2 fully saturated rings. The number of carbonyl (C=O) groups excluding carboxylic acids is 1. The topological polar surface area (TPSA) is 46.3 Å². The third kappa shape index (κ3) is 1.75. The van der Waals surface area contributed by atoms with Gasteiger partial charge in [-0.15, -0.1) is 0 Å². The van der Waals surface area contributed by atoms with Gasteiger partial charge in [-0.25, -0.2) is 0 Å². The van der Waals surface area contributed by atoms with E-state index in [-0.39, 0.29) is 17.4 Å². The van der Waals surface area contributed by atoms with E-state index in [4.69, 9.17) is 5.73 Å². The van der Waals surface area contributed by atoms with Gasteiger partial charge in [0, 0.05) is 19.1 Å². The maximum Gasteiger partial charge on any atom is 0.233 e. The van der Waals surface area contributed by atoms with Crippen LogP contribution in [0.2, 0.25) is 0 Å². The number of benzene rings is 1. The van der Waals surface area contributed by atoms with Crippen molar-refractivity contribution in [1.82, 2.24) is 4.90 Å². The Morgan fingerprint density at radius 3 is 2.53 bits per heavy atom. The maximum absolute atomic E-state index is 12.5. The lowest BCUT2D eigenvalue weighted by molar-refractivity contribution is -0.132. The second-order valence-corrected chi connectivity index (χ2v) is 5.25. The van der Waals surface area contributed by atoms with Crippen LogP contribution in [-0.4, -0.2) is 29.9 Å². The molecule has 2 N–H and O–H groups in total. The lowest BCUT2D eigenvalue weighted by Crippen LogP contribution is -2.39. The number of rotatable bonds is 2. The normalized spacial score (nSPS) is 25.9. The minimum atomic E-state index is -0.217. The number of carbonyl (C=O) groups is 1. The van der Waals surface area contributed by atoms with Crippen LogP contribution in [0.15, 0.2) is 30.3 Å². The third-order valence-electron chi connectivity index (χ3n) is 4.00. The first-order chi connectivity index (χ1) is 8.22. The summed E-state index contributed by atoms with van der Waals surface area (Å²) in [6, 6.07) is 10.3. The molecule has 3 rings (SSSR count). The summed E-state index contributed by atoms with van der Waals surface area (Å²) in [5, 5.41) is 0. The zero-order chi connectivity index (χ0) is 11.9. The Bertz CT molecular complexity index is 425. The summed E-state index contributed by atoms with van der Waals surface area (Å²) in [7, 11) is 0. The highest BCUT2D eigenvalue weighted by Crippen LogP contribution is 2.49. The molecule has 0 aromatic heterocycles. The van der Waals surface area contributed by atoms with Gasteiger partial charge < -0.3 is 10.6 Å². The van der Waals surface area contributed by atoms with E-state index in [2.05, 4.69) is 12.1 Å². The maximum atomic E-state index is 12.5. The van der Waals surface area contributed by atoms with E-state index in [9.17, 15) is 4.79 Å². The summed E-state index contributed by atoms with van der Waals surface area (Å²) in [6.45, 7) is 1.56. The van der Waals surface area contributed by atoms with Gasteiger partial charge in [0.25, 0.3) is 0 Å². The fourth-order valence-electron chi connectivity index (χ4n) is 2.78. The van der Waals surface area contributed by atoms with Gasteiger partial charge in [-0.05, 0) is 24.8 Å². The number of nitrogens with two attached hydrogens (primary N) is 1. The molecule has 3 heteroatoms. The average molecular weight is 230 g/mol. The highest BCUT2D eigenvalue weighted by Gasteiger charge is 2.53. The predicted molar refractivity (Wildman–Crippen MR) is 66.5 cm³/mol. The first-order valence-electron chi connectivity index (χ1n) is 6.33. The second-order valence-electron chi connectivity index (χ2n) is 5.25. The zero-order valence-electron chi connectivity index (χ0n) is 9.93. The van der Waals surface area contributed by atoms with Crippen molar-refractivity contribution in [2.45, 2.75) is 30.7 Å². The van der Waals surface area contributed by atoms with Gasteiger partial charge in [0.15, 0.2) is 0 Å². The molecule has 1 aromatic carbocycles. The summed E-state index contributed by atoms with van der Waals surface area (Å²) >= 11 is 0. The Balaban J connectivity index is 1.82. The van der Waals surface area contributed by atoms with Crippen LogP contribution in [0.25, 0.3) is 0 Å². The summed E-state index contributed by atoms with van der Waals surface area (Å²) in [6.07, 6.45) is 2.92. The van der Waals surface area contributed by atoms with Crippen molar-refractivity contribution in [1.29, 1.82) is 0 Å². The van der Waals surface area contributed by atoms with E-state index in [0.717, 1.165) is 32.4 Å². The smallest absolute Gasteiger partial charge is 0.233 e. The van der Waals surface area contributed by atoms with Crippen molar-refractivity contribution in [3.05, 3.63) is 35.9 Å². The van der Waals surface area contributed by atoms with Gasteiger partial charge in [-0.1, -0.05) is 30.3 Å². The molecule has 1 saturated heterocycles. The fraction of sp³-hybridized carbons (Fsp3) is 0.500. The minimum absolute atomic E-state index is 0.172. The second kappa shape index (κ2) is 3.84. The molecule has 1 aliphatic carbocycles. The van der Waals surface area contributed by atoms with Crippen molar-refractivity contribution in [3.63, 3.8) is 0 Å². The molecule has 2 aliphatic rings. The molecule has 1 aromatic rings. The summed E-state index contributed by atoms with van der Waals surface area (Å²) in [5.74, 6) is 0.289. The average Bonchev–Trinajstić information content (AvgIpc) is 3.07. The molecule has 0 bridgehead atoms. The number of likely N-dealkylation sites (tertiary alicyclic amines) is 1. The lowest BCUT2D eigenvalue weighted by Gasteiger charge is -2.23. The van der Waals surface area contributed by atoms with E-state index < -0.39 is 0 Å². The van der Waals surface area contributed by atoms with E-state index >= 15 is 0 Å². The van der Waals surface area contributed by atoms with E-state index in [1.807, 2.05) is 23.1 Å². The largest absolute Gasteiger partial charge is 0.340 e. The lowest BCUT2D eigenvalue weighted by atomic mass is 9.94. The van der Waals surface area contributed by atoms with E-state index in [0.29, 0.717) is 0 Å². The van der Waals surface area contributed by atoms with Crippen LogP contribution in [-0.2, 0) is 10.2 Å². The SMILES string of the molecule is NC1CCN(C(=O)C2(c3ccccc3)CC2)C1. The number of amides is 1. The van der Waals surface area contributed by atoms with Gasteiger partial charge >= 0.3 is 0 Å². The van der Waals surface area contributed by atoms with Crippen molar-refractivity contribution in [3.8, 4) is 0 Å². The Labute approximate surface area is 102 Å². The molecular weight excluding hydrogens is 212 g/mol. The molecule has 3 nitrogen and oxygen atoms in total. The van der Waals surface area contributed by atoms with Crippen LogP contribution in [0.5, 0.6) is 0 Å². The quantitative estimate of drug-likeness (QED) is 0.832. The zero-order valence-corrected chi connectivity index (χ0v) is 9.93. The van der Waals surface area contributed by atoms with Crippen LogP contribution >= 0.6 is 0 Å². The first-order valence-corrected chi connectivity index (χ1v) is 6.33. The third-order valence-corrected chi connectivity index (χ3v) is 4.00. The molecule has 0 radical (unpaired) electrons. The van der Waals surface area contributed by atoms with Gasteiger partial charge in [0.05, 0.1) is 5.41 Å². The van der Waals surface area contributed by atoms with E-state index in [1.54, 1.807) is 0 Å². The van der Waals surface area contributed by atoms with Crippen LogP contribution < -0.4 is 5.73 Å². The molecular formula is C14H18N2O. The number of hydrogen-bond acceptors (Lipinski definition) is 2. The molecule has 1 heterocycles. The van der Waals surface area contributed by atoms with Crippen LogP contribution in [0.1, 0.15) is 24.8 Å². The summed E-state index contributed by atoms with van der Waals surface area (Å²) < 4.78 is 0. The number of hydrogen-bond donors (Lipinski definition) is 1. The van der Waals surface area contributed by atoms with Crippen LogP contribution in [0, 0.1) is 0 Å². The Morgan fingerprint density at radius 2 is 2.00 bits per heavy atom. The standard InChI is InChI=1S/C14H18N2O/c15-12-6-9-16(10-12)13(17)14(7-8-14)11-4-2-1-3-5-11/h1-5,12H,6-10,15H2. The van der Waals surface area contributed by atoms with Crippen LogP contribution in [0.3, 0.4) is 0 Å². The van der Waals surface area contributed by atoms with Gasteiger partial charge in [-0.3, -0.25) is 4.79 Å². The molecule has 1 amide bonds. The molecule has 1 saturated carbocycles. The van der Waals surface area contributed by atoms with Gasteiger partial charge in [0.2, 0.25) is 5.91 Å². The van der Waals surface area contributed by atoms with Gasteiger partial charge in [-0.2, -0.15) is 0 Å². The molecule has 0 spiro atoms.